The van der Waals surface area contributed by atoms with Crippen LogP contribution in [0, 0.1) is 0 Å². The largest absolute Gasteiger partial charge is 0.383 e. The van der Waals surface area contributed by atoms with E-state index in [1.165, 1.54) is 0 Å². The highest BCUT2D eigenvalue weighted by molar-refractivity contribution is 9.10. The second kappa shape index (κ2) is 5.41. The summed E-state index contributed by atoms with van der Waals surface area (Å²) in [4.78, 5) is 4.72. The van der Waals surface area contributed by atoms with Crippen molar-refractivity contribution in [2.45, 2.75) is 39.7 Å². The van der Waals surface area contributed by atoms with Crippen LogP contribution < -0.4 is 5.73 Å². The van der Waals surface area contributed by atoms with Crippen LogP contribution in [-0.4, -0.2) is 9.55 Å². The molecule has 1 aromatic heterocycles. The molecule has 0 saturated carbocycles. The molecule has 5 heteroatoms. The van der Waals surface area contributed by atoms with Crippen molar-refractivity contribution < 1.29 is 0 Å². The van der Waals surface area contributed by atoms with Gasteiger partial charge in [0, 0.05) is 27.0 Å². The molecule has 2 aromatic rings. The lowest BCUT2D eigenvalue weighted by atomic mass is 10.1. The van der Waals surface area contributed by atoms with Crippen molar-refractivity contribution in [1.29, 1.82) is 0 Å². The molecule has 1 heterocycles. The number of nitrogens with two attached hydrogens (primary N) is 1. The molecule has 0 radical (unpaired) electrons. The summed E-state index contributed by atoms with van der Waals surface area (Å²) in [6, 6.07) is 5.65. The Labute approximate surface area is 133 Å². The minimum absolute atomic E-state index is 0.0976. The molecule has 0 unspecified atom stereocenters. The number of aryl methyl sites for hydroxylation is 1. The summed E-state index contributed by atoms with van der Waals surface area (Å²) in [5.74, 6) is 1.68. The Morgan fingerprint density at radius 3 is 2.45 bits per heavy atom. The van der Waals surface area contributed by atoms with Crippen molar-refractivity contribution in [3.63, 3.8) is 0 Å². The molecule has 0 aliphatic heterocycles. The maximum Gasteiger partial charge on any atom is 0.132 e. The zero-order chi connectivity index (χ0) is 15.1. The molecule has 3 nitrogen and oxygen atoms in total. The monoisotopic (exact) mass is 355 g/mol. The zero-order valence-electron chi connectivity index (χ0n) is 12.2. The summed E-state index contributed by atoms with van der Waals surface area (Å²) in [5, 5.41) is 0.685. The number of nitrogens with zero attached hydrogens (tertiary/aromatic N) is 2. The van der Waals surface area contributed by atoms with Crippen LogP contribution in [0.2, 0.25) is 5.02 Å². The molecule has 20 heavy (non-hydrogen) atoms. The molecule has 0 fully saturated rings. The van der Waals surface area contributed by atoms with Gasteiger partial charge in [0.05, 0.1) is 0 Å². The van der Waals surface area contributed by atoms with Crippen LogP contribution in [0.25, 0.3) is 11.3 Å². The van der Waals surface area contributed by atoms with Gasteiger partial charge in [-0.15, -0.1) is 0 Å². The van der Waals surface area contributed by atoms with Gasteiger partial charge < -0.3 is 10.3 Å². The van der Waals surface area contributed by atoms with Crippen LogP contribution in [0.5, 0.6) is 0 Å². The number of hydrogen-bond donors (Lipinski definition) is 1. The molecule has 0 aliphatic rings. The van der Waals surface area contributed by atoms with Crippen LogP contribution in [0.15, 0.2) is 22.7 Å². The second-order valence-electron chi connectivity index (χ2n) is 5.75. The van der Waals surface area contributed by atoms with Gasteiger partial charge in [-0.2, -0.15) is 0 Å². The van der Waals surface area contributed by atoms with Crippen molar-refractivity contribution in [2.75, 3.05) is 5.73 Å². The molecule has 0 atom stereocenters. The minimum Gasteiger partial charge on any atom is -0.383 e. The topological polar surface area (TPSA) is 43.8 Å². The first-order valence-corrected chi connectivity index (χ1v) is 7.75. The maximum atomic E-state index is 6.35. The van der Waals surface area contributed by atoms with E-state index in [9.17, 15) is 0 Å². The predicted molar refractivity (Wildman–Crippen MR) is 89.2 cm³/mol. The van der Waals surface area contributed by atoms with E-state index in [1.54, 1.807) is 0 Å². The molecule has 0 bridgehead atoms. The molecule has 0 saturated heterocycles. The Morgan fingerprint density at radius 2 is 2.00 bits per heavy atom. The van der Waals surface area contributed by atoms with Crippen molar-refractivity contribution >= 4 is 33.3 Å². The summed E-state index contributed by atoms with van der Waals surface area (Å²) in [6.45, 7) is 8.48. The van der Waals surface area contributed by atoms with Crippen molar-refractivity contribution in [3.05, 3.63) is 33.5 Å². The van der Waals surface area contributed by atoms with E-state index in [2.05, 4.69) is 48.2 Å². The standard InChI is InChI=1S/C15H19BrClN3/c1-5-12-19-13(14(18)20(12)15(2,3)4)10-7-6-9(17)8-11(10)16/h6-8H,5,18H2,1-4H3. The highest BCUT2D eigenvalue weighted by atomic mass is 79.9. The van der Waals surface area contributed by atoms with Crippen LogP contribution in [0.1, 0.15) is 33.5 Å². The minimum atomic E-state index is -0.0976. The summed E-state index contributed by atoms with van der Waals surface area (Å²) < 4.78 is 3.00. The Hall–Kier alpha value is -1.00. The lowest BCUT2D eigenvalue weighted by Crippen LogP contribution is -2.25. The molecule has 0 aliphatic carbocycles. The van der Waals surface area contributed by atoms with E-state index in [-0.39, 0.29) is 5.54 Å². The predicted octanol–water partition coefficient (Wildman–Crippen LogP) is 4.87. The smallest absolute Gasteiger partial charge is 0.132 e. The number of imidazole rings is 1. The average Bonchev–Trinajstić information content (AvgIpc) is 2.66. The third-order valence-corrected chi connectivity index (χ3v) is 4.05. The summed E-state index contributed by atoms with van der Waals surface area (Å²) in [5.41, 5.74) is 8.02. The van der Waals surface area contributed by atoms with Gasteiger partial charge in [0.1, 0.15) is 17.3 Å². The van der Waals surface area contributed by atoms with Crippen molar-refractivity contribution in [2.24, 2.45) is 0 Å². The quantitative estimate of drug-likeness (QED) is 0.834. The third kappa shape index (κ3) is 2.72. The summed E-state index contributed by atoms with van der Waals surface area (Å²) >= 11 is 9.53. The third-order valence-electron chi connectivity index (χ3n) is 3.16. The number of anilines is 1. The lowest BCUT2D eigenvalue weighted by molar-refractivity contribution is 0.389. The fraction of sp³-hybridized carbons (Fsp3) is 0.400. The molecular formula is C15H19BrClN3. The molecule has 0 amide bonds. The van der Waals surface area contributed by atoms with Crippen molar-refractivity contribution in [1.82, 2.24) is 9.55 Å². The summed E-state index contributed by atoms with van der Waals surface area (Å²) in [6.07, 6.45) is 0.840. The fourth-order valence-corrected chi connectivity index (χ4v) is 3.22. The first-order valence-electron chi connectivity index (χ1n) is 6.58. The van der Waals surface area contributed by atoms with Gasteiger partial charge in [0.25, 0.3) is 0 Å². The van der Waals surface area contributed by atoms with Crippen LogP contribution in [0.4, 0.5) is 5.82 Å². The highest BCUT2D eigenvalue weighted by Crippen LogP contribution is 2.36. The van der Waals surface area contributed by atoms with E-state index >= 15 is 0 Å². The van der Waals surface area contributed by atoms with Crippen molar-refractivity contribution in [3.8, 4) is 11.3 Å². The van der Waals surface area contributed by atoms with E-state index in [1.807, 2.05) is 18.2 Å². The van der Waals surface area contributed by atoms with Crippen LogP contribution in [-0.2, 0) is 12.0 Å². The van der Waals surface area contributed by atoms with Gasteiger partial charge in [-0.1, -0.05) is 40.5 Å². The molecule has 2 N–H and O–H groups in total. The second-order valence-corrected chi connectivity index (χ2v) is 7.04. The molecule has 108 valence electrons. The zero-order valence-corrected chi connectivity index (χ0v) is 14.5. The SMILES string of the molecule is CCc1nc(-c2ccc(Cl)cc2Br)c(N)n1C(C)(C)C. The Balaban J connectivity index is 2.67. The van der Waals surface area contributed by atoms with Gasteiger partial charge in [-0.05, 0) is 32.9 Å². The Bertz CT molecular complexity index is 641. The number of hydrogen-bond acceptors (Lipinski definition) is 2. The van der Waals surface area contributed by atoms with E-state index in [0.717, 1.165) is 28.0 Å². The molecular weight excluding hydrogens is 338 g/mol. The van der Waals surface area contributed by atoms with Gasteiger partial charge in [-0.3, -0.25) is 0 Å². The number of halogens is 2. The lowest BCUT2D eigenvalue weighted by Gasteiger charge is -2.24. The van der Waals surface area contributed by atoms with Crippen LogP contribution in [0.3, 0.4) is 0 Å². The first kappa shape index (κ1) is 15.4. The fourth-order valence-electron chi connectivity index (χ4n) is 2.35. The van der Waals surface area contributed by atoms with Gasteiger partial charge >= 0.3 is 0 Å². The average molecular weight is 357 g/mol. The van der Waals surface area contributed by atoms with Gasteiger partial charge in [-0.25, -0.2) is 4.98 Å². The van der Waals surface area contributed by atoms with E-state index in [4.69, 9.17) is 22.3 Å². The Kier molecular flexibility index (Phi) is 4.17. The number of nitrogen functional groups attached to an aromatic ring is 1. The molecule has 2 rings (SSSR count). The first-order chi connectivity index (χ1) is 9.25. The number of aromatic nitrogens is 2. The number of rotatable bonds is 2. The molecule has 0 spiro atoms. The maximum absolute atomic E-state index is 6.35. The van der Waals surface area contributed by atoms with Gasteiger partial charge in [0.2, 0.25) is 0 Å². The highest BCUT2D eigenvalue weighted by Gasteiger charge is 2.24. The van der Waals surface area contributed by atoms with Gasteiger partial charge in [0.15, 0.2) is 0 Å². The normalized spacial score (nSPS) is 11.9. The summed E-state index contributed by atoms with van der Waals surface area (Å²) in [7, 11) is 0. The van der Waals surface area contributed by atoms with E-state index < -0.39 is 0 Å². The van der Waals surface area contributed by atoms with E-state index in [0.29, 0.717) is 10.8 Å². The molecule has 1 aromatic carbocycles. The van der Waals surface area contributed by atoms with Crippen LogP contribution >= 0.6 is 27.5 Å². The Morgan fingerprint density at radius 1 is 1.35 bits per heavy atom. The number of benzene rings is 1.